The molecule has 5 nitrogen and oxygen atoms in total. The molecule has 1 saturated heterocycles. The lowest BCUT2D eigenvalue weighted by Gasteiger charge is -2.39. The van der Waals surface area contributed by atoms with Crippen molar-refractivity contribution in [1.29, 1.82) is 0 Å². The second kappa shape index (κ2) is 8.72. The van der Waals surface area contributed by atoms with Gasteiger partial charge in [0, 0.05) is 19.6 Å². The maximum Gasteiger partial charge on any atom is 0.407 e. The number of rotatable bonds is 4. The van der Waals surface area contributed by atoms with Crippen LogP contribution in [-0.4, -0.2) is 42.1 Å². The van der Waals surface area contributed by atoms with E-state index in [0.29, 0.717) is 25.6 Å². The topological polar surface area (TPSA) is 58.6 Å². The number of nitrogens with one attached hydrogen (secondary N) is 1. The van der Waals surface area contributed by atoms with Crippen LogP contribution in [-0.2, 0) is 14.9 Å². The molecule has 2 amide bonds. The Morgan fingerprint density at radius 2 is 1.86 bits per heavy atom. The normalized spacial score (nSPS) is 19.8. The number of halogens is 1. The molecule has 1 aliphatic carbocycles. The number of alkyl carbamates (subject to hydrolysis) is 1. The molecule has 1 aromatic rings. The summed E-state index contributed by atoms with van der Waals surface area (Å²) < 4.78 is 19.1. The van der Waals surface area contributed by atoms with E-state index >= 15 is 0 Å². The van der Waals surface area contributed by atoms with Crippen molar-refractivity contribution in [1.82, 2.24) is 10.2 Å². The standard InChI is InChI=1S/C23H33FN2O3/c1-22(2,3)29-21(28)25-16-17-9-13-26(14-10-17)20(27)23(11-4-5-12-23)18-7-6-8-19(24)15-18/h6-8,15,17H,4-5,9-14,16H2,1-3H3,(H,25,28). The highest BCUT2D eigenvalue weighted by atomic mass is 19.1. The van der Waals surface area contributed by atoms with Crippen molar-refractivity contribution >= 4 is 12.0 Å². The molecule has 6 heteroatoms. The average molecular weight is 405 g/mol. The van der Waals surface area contributed by atoms with Gasteiger partial charge in [-0.05, 0) is 70.1 Å². The van der Waals surface area contributed by atoms with Crippen molar-refractivity contribution < 1.29 is 18.7 Å². The first kappa shape index (κ1) is 21.6. The van der Waals surface area contributed by atoms with E-state index in [-0.39, 0.29) is 11.7 Å². The summed E-state index contributed by atoms with van der Waals surface area (Å²) in [7, 11) is 0. The van der Waals surface area contributed by atoms with E-state index in [1.54, 1.807) is 6.07 Å². The minimum atomic E-state index is -0.580. The lowest BCUT2D eigenvalue weighted by Crippen LogP contribution is -2.49. The molecular formula is C23H33FN2O3. The smallest absolute Gasteiger partial charge is 0.407 e. The highest BCUT2D eigenvalue weighted by Gasteiger charge is 2.45. The van der Waals surface area contributed by atoms with Gasteiger partial charge in [-0.3, -0.25) is 4.79 Å². The Bertz CT molecular complexity index is 730. The van der Waals surface area contributed by atoms with E-state index in [0.717, 1.165) is 44.1 Å². The van der Waals surface area contributed by atoms with Crippen LogP contribution in [0.25, 0.3) is 0 Å². The number of hydrogen-bond acceptors (Lipinski definition) is 3. The molecule has 0 radical (unpaired) electrons. The molecule has 0 spiro atoms. The van der Waals surface area contributed by atoms with Gasteiger partial charge in [-0.2, -0.15) is 0 Å². The SMILES string of the molecule is CC(C)(C)OC(=O)NCC1CCN(C(=O)C2(c3cccc(F)c3)CCCC2)CC1. The zero-order chi connectivity index (χ0) is 21.1. The van der Waals surface area contributed by atoms with Gasteiger partial charge in [0.25, 0.3) is 0 Å². The Labute approximate surface area is 173 Å². The number of ether oxygens (including phenoxy) is 1. The minimum Gasteiger partial charge on any atom is -0.444 e. The van der Waals surface area contributed by atoms with Gasteiger partial charge in [0.2, 0.25) is 5.91 Å². The first-order chi connectivity index (χ1) is 13.7. The Kier molecular flexibility index (Phi) is 6.49. The van der Waals surface area contributed by atoms with Gasteiger partial charge in [-0.25, -0.2) is 9.18 Å². The van der Waals surface area contributed by atoms with Gasteiger partial charge in [0.05, 0.1) is 5.41 Å². The summed E-state index contributed by atoms with van der Waals surface area (Å²) in [5.41, 5.74) is -0.274. The molecule has 1 aromatic carbocycles. The van der Waals surface area contributed by atoms with Crippen molar-refractivity contribution in [2.45, 2.75) is 70.3 Å². The monoisotopic (exact) mass is 404 g/mol. The van der Waals surface area contributed by atoms with Crippen LogP contribution in [0.4, 0.5) is 9.18 Å². The number of amides is 2. The quantitative estimate of drug-likeness (QED) is 0.809. The van der Waals surface area contributed by atoms with Crippen molar-refractivity contribution in [3.8, 4) is 0 Å². The third kappa shape index (κ3) is 5.28. The zero-order valence-corrected chi connectivity index (χ0v) is 17.8. The molecule has 1 aliphatic heterocycles. The summed E-state index contributed by atoms with van der Waals surface area (Å²) in [5.74, 6) is 0.188. The van der Waals surface area contributed by atoms with Crippen LogP contribution in [0.5, 0.6) is 0 Å². The summed E-state index contributed by atoms with van der Waals surface area (Å²) in [5, 5.41) is 2.84. The Morgan fingerprint density at radius 3 is 2.45 bits per heavy atom. The van der Waals surface area contributed by atoms with Crippen molar-refractivity contribution in [3.05, 3.63) is 35.6 Å². The van der Waals surface area contributed by atoms with Crippen LogP contribution < -0.4 is 5.32 Å². The largest absolute Gasteiger partial charge is 0.444 e. The molecule has 29 heavy (non-hydrogen) atoms. The third-order valence-corrected chi connectivity index (χ3v) is 6.08. The number of piperidine rings is 1. The van der Waals surface area contributed by atoms with Crippen LogP contribution in [0.15, 0.2) is 24.3 Å². The van der Waals surface area contributed by atoms with E-state index in [2.05, 4.69) is 5.32 Å². The minimum absolute atomic E-state index is 0.138. The molecule has 0 unspecified atom stereocenters. The lowest BCUT2D eigenvalue weighted by molar-refractivity contribution is -0.138. The summed E-state index contributed by atoms with van der Waals surface area (Å²) in [6.07, 6.45) is 4.87. The summed E-state index contributed by atoms with van der Waals surface area (Å²) in [6.45, 7) is 7.44. The zero-order valence-electron chi connectivity index (χ0n) is 17.8. The molecule has 0 atom stereocenters. The third-order valence-electron chi connectivity index (χ3n) is 6.08. The predicted octanol–water partition coefficient (Wildman–Crippen LogP) is 4.40. The molecule has 160 valence electrons. The highest BCUT2D eigenvalue weighted by Crippen LogP contribution is 2.43. The number of nitrogens with zero attached hydrogens (tertiary/aromatic N) is 1. The average Bonchev–Trinajstić information content (AvgIpc) is 3.16. The molecule has 0 aromatic heterocycles. The molecular weight excluding hydrogens is 371 g/mol. The predicted molar refractivity (Wildman–Crippen MR) is 110 cm³/mol. The highest BCUT2D eigenvalue weighted by molar-refractivity contribution is 5.88. The van der Waals surface area contributed by atoms with E-state index in [9.17, 15) is 14.0 Å². The molecule has 3 rings (SSSR count). The molecule has 1 N–H and O–H groups in total. The first-order valence-corrected chi connectivity index (χ1v) is 10.7. The fraction of sp³-hybridized carbons (Fsp3) is 0.652. The second-order valence-corrected chi connectivity index (χ2v) is 9.42. The van der Waals surface area contributed by atoms with Crippen LogP contribution in [0.2, 0.25) is 0 Å². The lowest BCUT2D eigenvalue weighted by atomic mass is 9.77. The number of likely N-dealkylation sites (tertiary alicyclic amines) is 1. The van der Waals surface area contributed by atoms with Gasteiger partial charge in [-0.15, -0.1) is 0 Å². The fourth-order valence-corrected chi connectivity index (χ4v) is 4.58. The maximum absolute atomic E-state index is 13.8. The van der Waals surface area contributed by atoms with E-state index in [1.165, 1.54) is 12.1 Å². The molecule has 2 aliphatic rings. The van der Waals surface area contributed by atoms with Gasteiger partial charge in [0.15, 0.2) is 0 Å². The first-order valence-electron chi connectivity index (χ1n) is 10.7. The van der Waals surface area contributed by atoms with Crippen molar-refractivity contribution in [3.63, 3.8) is 0 Å². The number of hydrogen-bond donors (Lipinski definition) is 1. The van der Waals surface area contributed by atoms with Crippen LogP contribution in [0.3, 0.4) is 0 Å². The second-order valence-electron chi connectivity index (χ2n) is 9.42. The Hall–Kier alpha value is -2.11. The number of carbonyl (C=O) groups is 2. The molecule has 1 heterocycles. The summed E-state index contributed by atoms with van der Waals surface area (Å²) in [6, 6.07) is 6.55. The fourth-order valence-electron chi connectivity index (χ4n) is 4.58. The van der Waals surface area contributed by atoms with Crippen LogP contribution >= 0.6 is 0 Å². The number of benzene rings is 1. The van der Waals surface area contributed by atoms with E-state index in [4.69, 9.17) is 4.74 Å². The number of carbonyl (C=O) groups excluding carboxylic acids is 2. The van der Waals surface area contributed by atoms with Crippen LogP contribution in [0, 0.1) is 11.7 Å². The van der Waals surface area contributed by atoms with Crippen molar-refractivity contribution in [2.75, 3.05) is 19.6 Å². The molecule has 2 fully saturated rings. The van der Waals surface area contributed by atoms with Gasteiger partial charge >= 0.3 is 6.09 Å². The Morgan fingerprint density at radius 1 is 1.21 bits per heavy atom. The van der Waals surface area contributed by atoms with Gasteiger partial charge in [0.1, 0.15) is 11.4 Å². The van der Waals surface area contributed by atoms with E-state index in [1.807, 2.05) is 31.7 Å². The molecule has 1 saturated carbocycles. The Balaban J connectivity index is 1.57. The maximum atomic E-state index is 13.8. The van der Waals surface area contributed by atoms with Crippen molar-refractivity contribution in [2.24, 2.45) is 5.92 Å². The van der Waals surface area contributed by atoms with Gasteiger partial charge in [-0.1, -0.05) is 25.0 Å². The molecule has 0 bridgehead atoms. The van der Waals surface area contributed by atoms with Crippen LogP contribution in [0.1, 0.15) is 64.9 Å². The summed E-state index contributed by atoms with van der Waals surface area (Å²) >= 11 is 0. The van der Waals surface area contributed by atoms with E-state index < -0.39 is 17.1 Å². The van der Waals surface area contributed by atoms with Gasteiger partial charge < -0.3 is 15.0 Å². The summed E-state index contributed by atoms with van der Waals surface area (Å²) in [4.78, 5) is 27.3.